The van der Waals surface area contributed by atoms with E-state index in [4.69, 9.17) is 0 Å². The van der Waals surface area contributed by atoms with Gasteiger partial charge in [0, 0.05) is 39.8 Å². The first-order valence-electron chi connectivity index (χ1n) is 10.3. The van der Waals surface area contributed by atoms with Crippen LogP contribution in [0.25, 0.3) is 0 Å². The number of hydrogen-bond acceptors (Lipinski definition) is 4. The number of amides is 3. The van der Waals surface area contributed by atoms with E-state index in [1.165, 1.54) is 10.4 Å². The summed E-state index contributed by atoms with van der Waals surface area (Å²) in [4.78, 5) is 25.2. The second-order valence-corrected chi connectivity index (χ2v) is 9.69. The molecule has 1 aromatic rings. The highest BCUT2D eigenvalue weighted by molar-refractivity contribution is 7.89. The fourth-order valence-electron chi connectivity index (χ4n) is 3.39. The molecule has 0 saturated carbocycles. The van der Waals surface area contributed by atoms with E-state index in [0.717, 1.165) is 12.0 Å². The van der Waals surface area contributed by atoms with Crippen LogP contribution in [0.5, 0.6) is 0 Å². The number of rotatable bonds is 10. The molecule has 1 heterocycles. The van der Waals surface area contributed by atoms with Crippen molar-refractivity contribution in [2.75, 3.05) is 39.8 Å². The Morgan fingerprint density at radius 3 is 2.47 bits per heavy atom. The molecule has 9 heteroatoms. The van der Waals surface area contributed by atoms with Gasteiger partial charge in [-0.15, -0.1) is 0 Å². The van der Waals surface area contributed by atoms with Gasteiger partial charge in [-0.3, -0.25) is 4.79 Å². The van der Waals surface area contributed by atoms with Crippen LogP contribution in [-0.4, -0.2) is 74.6 Å². The standard InChI is InChI=1S/C21H32N4O4S/c1-3-20(26)22-13-7-15-24(2)30(28,29)19-11-16-25(17-12-19)21(27)23-14-10-18-8-5-4-6-9-18/h3-6,8-9,19H,1,7,10-17H2,2H3,(H,22,26)(H,23,27). The van der Waals surface area contributed by atoms with E-state index in [9.17, 15) is 18.0 Å². The maximum Gasteiger partial charge on any atom is 0.317 e. The molecule has 1 fully saturated rings. The van der Waals surface area contributed by atoms with E-state index in [0.29, 0.717) is 52.0 Å². The van der Waals surface area contributed by atoms with Crippen molar-refractivity contribution in [1.29, 1.82) is 0 Å². The number of likely N-dealkylation sites (tertiary alicyclic amines) is 1. The first-order valence-corrected chi connectivity index (χ1v) is 11.8. The third-order valence-corrected chi connectivity index (χ3v) is 7.62. The zero-order valence-electron chi connectivity index (χ0n) is 17.5. The van der Waals surface area contributed by atoms with Crippen LogP contribution in [0.2, 0.25) is 0 Å². The number of carbonyl (C=O) groups is 2. The minimum absolute atomic E-state index is 0.145. The second kappa shape index (κ2) is 11.7. The molecule has 0 unspecified atom stereocenters. The summed E-state index contributed by atoms with van der Waals surface area (Å²) in [5, 5.41) is 5.06. The SMILES string of the molecule is C=CC(=O)NCCCN(C)S(=O)(=O)C1CCN(C(=O)NCCc2ccccc2)CC1. The molecule has 3 amide bonds. The van der Waals surface area contributed by atoms with E-state index in [2.05, 4.69) is 17.2 Å². The second-order valence-electron chi connectivity index (χ2n) is 7.37. The maximum atomic E-state index is 12.8. The minimum atomic E-state index is -3.43. The molecule has 2 rings (SSSR count). The Hall–Kier alpha value is -2.39. The van der Waals surface area contributed by atoms with Crippen LogP contribution in [0.1, 0.15) is 24.8 Å². The fourth-order valence-corrected chi connectivity index (χ4v) is 5.09. The lowest BCUT2D eigenvalue weighted by Gasteiger charge is -2.33. The van der Waals surface area contributed by atoms with Gasteiger partial charge in [0.05, 0.1) is 5.25 Å². The van der Waals surface area contributed by atoms with Crippen molar-refractivity contribution in [2.45, 2.75) is 30.9 Å². The van der Waals surface area contributed by atoms with Gasteiger partial charge in [0.15, 0.2) is 0 Å². The number of urea groups is 1. The van der Waals surface area contributed by atoms with Crippen LogP contribution in [0, 0.1) is 0 Å². The molecule has 1 aromatic carbocycles. The summed E-state index contributed by atoms with van der Waals surface area (Å²) in [5.41, 5.74) is 1.16. The van der Waals surface area contributed by atoms with Gasteiger partial charge in [-0.05, 0) is 37.3 Å². The monoisotopic (exact) mass is 436 g/mol. The number of carbonyl (C=O) groups excluding carboxylic acids is 2. The normalized spacial score (nSPS) is 15.1. The molecular formula is C21H32N4O4S. The van der Waals surface area contributed by atoms with Crippen LogP contribution in [0.3, 0.4) is 0 Å². The van der Waals surface area contributed by atoms with Crippen molar-refractivity contribution in [3.63, 3.8) is 0 Å². The summed E-state index contributed by atoms with van der Waals surface area (Å²) >= 11 is 0. The number of hydrogen-bond donors (Lipinski definition) is 2. The zero-order chi connectivity index (χ0) is 22.0. The highest BCUT2D eigenvalue weighted by atomic mass is 32.2. The van der Waals surface area contributed by atoms with Gasteiger partial charge >= 0.3 is 6.03 Å². The molecule has 0 spiro atoms. The van der Waals surface area contributed by atoms with Crippen LogP contribution in [0.15, 0.2) is 43.0 Å². The van der Waals surface area contributed by atoms with Crippen LogP contribution in [-0.2, 0) is 21.2 Å². The van der Waals surface area contributed by atoms with E-state index in [1.807, 2.05) is 30.3 Å². The summed E-state index contributed by atoms with van der Waals surface area (Å²) in [7, 11) is -1.87. The van der Waals surface area contributed by atoms with Crippen molar-refractivity contribution >= 4 is 22.0 Å². The lowest BCUT2D eigenvalue weighted by molar-refractivity contribution is -0.116. The Labute approximate surface area is 179 Å². The van der Waals surface area contributed by atoms with Gasteiger partial charge in [-0.2, -0.15) is 0 Å². The minimum Gasteiger partial charge on any atom is -0.353 e. The summed E-state index contributed by atoms with van der Waals surface area (Å²) < 4.78 is 26.9. The maximum absolute atomic E-state index is 12.8. The molecular weight excluding hydrogens is 404 g/mol. The van der Waals surface area contributed by atoms with Crippen molar-refractivity contribution in [3.8, 4) is 0 Å². The van der Waals surface area contributed by atoms with E-state index >= 15 is 0 Å². The van der Waals surface area contributed by atoms with Crippen LogP contribution < -0.4 is 10.6 Å². The highest BCUT2D eigenvalue weighted by Gasteiger charge is 2.33. The molecule has 0 atom stereocenters. The molecule has 1 aliphatic heterocycles. The first kappa shape index (κ1) is 23.9. The van der Waals surface area contributed by atoms with Gasteiger partial charge in [-0.25, -0.2) is 17.5 Å². The molecule has 1 saturated heterocycles. The molecule has 0 radical (unpaired) electrons. The van der Waals surface area contributed by atoms with Gasteiger partial charge < -0.3 is 15.5 Å². The molecule has 166 valence electrons. The molecule has 30 heavy (non-hydrogen) atoms. The fraction of sp³-hybridized carbons (Fsp3) is 0.524. The predicted molar refractivity (Wildman–Crippen MR) is 118 cm³/mol. The Kier molecular flexibility index (Phi) is 9.32. The Balaban J connectivity index is 1.71. The summed E-state index contributed by atoms with van der Waals surface area (Å²) in [6.07, 6.45) is 3.32. The quantitative estimate of drug-likeness (QED) is 0.427. The lowest BCUT2D eigenvalue weighted by Crippen LogP contribution is -2.49. The molecule has 0 aliphatic carbocycles. The number of nitrogens with zero attached hydrogens (tertiary/aromatic N) is 2. The van der Waals surface area contributed by atoms with Gasteiger partial charge in [-0.1, -0.05) is 36.9 Å². The number of nitrogens with one attached hydrogen (secondary N) is 2. The smallest absolute Gasteiger partial charge is 0.317 e. The van der Waals surface area contributed by atoms with Crippen molar-refractivity contribution in [1.82, 2.24) is 19.8 Å². The van der Waals surface area contributed by atoms with Crippen molar-refractivity contribution < 1.29 is 18.0 Å². The summed E-state index contributed by atoms with van der Waals surface area (Å²) in [6, 6.07) is 9.79. The van der Waals surface area contributed by atoms with Crippen LogP contribution >= 0.6 is 0 Å². The average Bonchev–Trinajstić information content (AvgIpc) is 2.77. The van der Waals surface area contributed by atoms with Gasteiger partial charge in [0.1, 0.15) is 0 Å². The number of piperidine rings is 1. The molecule has 0 aromatic heterocycles. The molecule has 0 bridgehead atoms. The Bertz CT molecular complexity index is 806. The zero-order valence-corrected chi connectivity index (χ0v) is 18.4. The third kappa shape index (κ3) is 7.14. The molecule has 2 N–H and O–H groups in total. The molecule has 8 nitrogen and oxygen atoms in total. The summed E-state index contributed by atoms with van der Waals surface area (Å²) in [6.45, 7) is 5.49. The lowest BCUT2D eigenvalue weighted by atomic mass is 10.1. The van der Waals surface area contributed by atoms with E-state index < -0.39 is 15.3 Å². The van der Waals surface area contributed by atoms with Crippen LogP contribution in [0.4, 0.5) is 4.79 Å². The Morgan fingerprint density at radius 2 is 1.83 bits per heavy atom. The number of sulfonamides is 1. The predicted octanol–water partition coefficient (Wildman–Crippen LogP) is 1.36. The third-order valence-electron chi connectivity index (χ3n) is 5.25. The van der Waals surface area contributed by atoms with Gasteiger partial charge in [0.2, 0.25) is 15.9 Å². The average molecular weight is 437 g/mol. The first-order chi connectivity index (χ1) is 14.3. The van der Waals surface area contributed by atoms with Crippen molar-refractivity contribution in [3.05, 3.63) is 48.6 Å². The molecule has 1 aliphatic rings. The van der Waals surface area contributed by atoms with E-state index in [1.54, 1.807) is 11.9 Å². The van der Waals surface area contributed by atoms with Gasteiger partial charge in [0.25, 0.3) is 0 Å². The highest BCUT2D eigenvalue weighted by Crippen LogP contribution is 2.20. The Morgan fingerprint density at radius 1 is 1.17 bits per heavy atom. The topological polar surface area (TPSA) is 98.8 Å². The largest absolute Gasteiger partial charge is 0.353 e. The number of benzene rings is 1. The van der Waals surface area contributed by atoms with E-state index in [-0.39, 0.29) is 11.9 Å². The summed E-state index contributed by atoms with van der Waals surface area (Å²) in [5.74, 6) is -0.269. The van der Waals surface area contributed by atoms with Crippen molar-refractivity contribution in [2.24, 2.45) is 0 Å².